The molecule has 1 aromatic carbocycles. The summed E-state index contributed by atoms with van der Waals surface area (Å²) in [5.74, 6) is 0. The molecular weight excluding hydrogens is 312 g/mol. The first-order valence-corrected chi connectivity index (χ1v) is 8.52. The Kier molecular flexibility index (Phi) is 3.76. The average Bonchev–Trinajstić information content (AvgIpc) is 3.13. The minimum Gasteiger partial charge on any atom is -0.393 e. The fourth-order valence-corrected chi connectivity index (χ4v) is 3.89. The van der Waals surface area contributed by atoms with Gasteiger partial charge in [-0.1, -0.05) is 23.5 Å². The van der Waals surface area contributed by atoms with Gasteiger partial charge in [0.25, 0.3) is 0 Å². The highest BCUT2D eigenvalue weighted by Gasteiger charge is 2.21. The van der Waals surface area contributed by atoms with Gasteiger partial charge in [0.1, 0.15) is 6.10 Å². The SMILES string of the molecule is OC[C@@H](O)c1cc2n(n1)CCCN(c1nc3ccccc3s1)C2. The average molecular weight is 330 g/mol. The molecule has 0 saturated carbocycles. The zero-order valence-electron chi connectivity index (χ0n) is 12.6. The lowest BCUT2D eigenvalue weighted by atomic mass is 10.2. The van der Waals surface area contributed by atoms with Gasteiger partial charge in [-0.2, -0.15) is 5.10 Å². The predicted octanol–water partition coefficient (Wildman–Crippen LogP) is 1.93. The molecule has 4 rings (SSSR count). The van der Waals surface area contributed by atoms with Crippen molar-refractivity contribution in [2.24, 2.45) is 0 Å². The third kappa shape index (κ3) is 2.71. The van der Waals surface area contributed by atoms with Crippen LogP contribution in [0.4, 0.5) is 5.13 Å². The maximum atomic E-state index is 9.78. The van der Waals surface area contributed by atoms with Crippen LogP contribution in [-0.2, 0) is 13.1 Å². The van der Waals surface area contributed by atoms with Gasteiger partial charge in [-0.25, -0.2) is 4.98 Å². The summed E-state index contributed by atoms with van der Waals surface area (Å²) in [6.45, 7) is 2.15. The van der Waals surface area contributed by atoms with Crippen LogP contribution in [0.15, 0.2) is 30.3 Å². The van der Waals surface area contributed by atoms with E-state index in [0.717, 1.165) is 35.9 Å². The molecule has 23 heavy (non-hydrogen) atoms. The number of aromatic nitrogens is 3. The smallest absolute Gasteiger partial charge is 0.186 e. The maximum absolute atomic E-state index is 9.78. The number of nitrogens with zero attached hydrogens (tertiary/aromatic N) is 4. The van der Waals surface area contributed by atoms with Gasteiger partial charge in [-0.05, 0) is 24.6 Å². The van der Waals surface area contributed by atoms with Crippen LogP contribution in [0.1, 0.15) is 23.9 Å². The molecule has 1 atom stereocenters. The van der Waals surface area contributed by atoms with Crippen LogP contribution in [0.3, 0.4) is 0 Å². The van der Waals surface area contributed by atoms with E-state index in [9.17, 15) is 5.11 Å². The molecule has 0 radical (unpaired) electrons. The quantitative estimate of drug-likeness (QED) is 0.767. The number of thiazole rings is 1. The fraction of sp³-hybridized carbons (Fsp3) is 0.375. The Morgan fingerprint density at radius 3 is 2.96 bits per heavy atom. The highest BCUT2D eigenvalue weighted by Crippen LogP contribution is 2.30. The topological polar surface area (TPSA) is 74.4 Å². The van der Waals surface area contributed by atoms with Gasteiger partial charge in [0.05, 0.1) is 34.8 Å². The molecule has 0 amide bonds. The molecule has 3 aromatic rings. The Morgan fingerprint density at radius 1 is 1.26 bits per heavy atom. The first-order chi connectivity index (χ1) is 11.2. The van der Waals surface area contributed by atoms with E-state index in [4.69, 9.17) is 10.1 Å². The molecule has 3 heterocycles. The monoisotopic (exact) mass is 330 g/mol. The van der Waals surface area contributed by atoms with Gasteiger partial charge in [-0.3, -0.25) is 4.68 Å². The van der Waals surface area contributed by atoms with Crippen molar-refractivity contribution in [3.05, 3.63) is 41.7 Å². The minimum atomic E-state index is -0.912. The summed E-state index contributed by atoms with van der Waals surface area (Å²) >= 11 is 1.70. The lowest BCUT2D eigenvalue weighted by Crippen LogP contribution is -2.22. The zero-order valence-corrected chi connectivity index (χ0v) is 13.4. The van der Waals surface area contributed by atoms with Crippen molar-refractivity contribution in [3.63, 3.8) is 0 Å². The van der Waals surface area contributed by atoms with E-state index < -0.39 is 6.10 Å². The van der Waals surface area contributed by atoms with E-state index in [-0.39, 0.29) is 6.61 Å². The standard InChI is InChI=1S/C16H18N4O2S/c21-10-14(22)13-8-11-9-19(6-3-7-20(11)18-13)16-17-12-4-1-2-5-15(12)23-16/h1-2,4-5,8,14,21-22H,3,6-7,9-10H2/t14-/m1/s1. The molecule has 0 spiro atoms. The van der Waals surface area contributed by atoms with Gasteiger partial charge in [0.15, 0.2) is 5.13 Å². The second-order valence-electron chi connectivity index (χ2n) is 5.72. The van der Waals surface area contributed by atoms with Crippen molar-refractivity contribution in [1.82, 2.24) is 14.8 Å². The Morgan fingerprint density at radius 2 is 2.13 bits per heavy atom. The molecule has 120 valence electrons. The molecule has 7 heteroatoms. The second-order valence-corrected chi connectivity index (χ2v) is 6.73. The molecule has 6 nitrogen and oxygen atoms in total. The molecule has 2 aromatic heterocycles. The summed E-state index contributed by atoms with van der Waals surface area (Å²) in [6, 6.07) is 10.0. The van der Waals surface area contributed by atoms with Crippen LogP contribution in [0, 0.1) is 0 Å². The molecule has 1 aliphatic rings. The number of anilines is 1. The van der Waals surface area contributed by atoms with E-state index >= 15 is 0 Å². The summed E-state index contributed by atoms with van der Waals surface area (Å²) in [5, 5.41) is 24.3. The third-order valence-corrected chi connectivity index (χ3v) is 5.20. The first-order valence-electron chi connectivity index (χ1n) is 7.70. The predicted molar refractivity (Wildman–Crippen MR) is 89.6 cm³/mol. The fourth-order valence-electron chi connectivity index (χ4n) is 2.90. The van der Waals surface area contributed by atoms with Crippen LogP contribution in [0.25, 0.3) is 10.2 Å². The van der Waals surface area contributed by atoms with Gasteiger partial charge < -0.3 is 15.1 Å². The summed E-state index contributed by atoms with van der Waals surface area (Å²) in [6.07, 6.45) is 0.0598. The summed E-state index contributed by atoms with van der Waals surface area (Å²) < 4.78 is 3.12. The zero-order chi connectivity index (χ0) is 15.8. The number of aliphatic hydroxyl groups is 2. The Bertz CT molecular complexity index is 795. The van der Waals surface area contributed by atoms with Crippen LogP contribution >= 0.6 is 11.3 Å². The third-order valence-electron chi connectivity index (χ3n) is 4.10. The largest absolute Gasteiger partial charge is 0.393 e. The van der Waals surface area contributed by atoms with Crippen molar-refractivity contribution in [2.45, 2.75) is 25.6 Å². The van der Waals surface area contributed by atoms with E-state index in [1.54, 1.807) is 11.3 Å². The van der Waals surface area contributed by atoms with Crippen LogP contribution < -0.4 is 4.90 Å². The lowest BCUT2D eigenvalue weighted by molar-refractivity contribution is 0.0916. The Labute approximate surface area is 137 Å². The molecule has 0 aliphatic carbocycles. The number of aryl methyl sites for hydroxylation is 1. The molecule has 2 N–H and O–H groups in total. The first kappa shape index (κ1) is 14.6. The van der Waals surface area contributed by atoms with Crippen molar-refractivity contribution >= 4 is 26.7 Å². The van der Waals surface area contributed by atoms with Gasteiger partial charge in [0, 0.05) is 13.1 Å². The number of hydrogen-bond donors (Lipinski definition) is 2. The van der Waals surface area contributed by atoms with Crippen molar-refractivity contribution in [3.8, 4) is 0 Å². The van der Waals surface area contributed by atoms with Crippen molar-refractivity contribution in [1.29, 1.82) is 0 Å². The van der Waals surface area contributed by atoms with E-state index in [0.29, 0.717) is 12.2 Å². The highest BCUT2D eigenvalue weighted by atomic mass is 32.1. The second kappa shape index (κ2) is 5.92. The summed E-state index contributed by atoms with van der Waals surface area (Å²) in [4.78, 5) is 7.00. The van der Waals surface area contributed by atoms with Crippen molar-refractivity contribution < 1.29 is 10.2 Å². The van der Waals surface area contributed by atoms with Crippen LogP contribution in [0.5, 0.6) is 0 Å². The van der Waals surface area contributed by atoms with E-state index in [1.807, 2.05) is 28.9 Å². The number of aliphatic hydroxyl groups excluding tert-OH is 2. The molecule has 0 fully saturated rings. The minimum absolute atomic E-state index is 0.308. The van der Waals surface area contributed by atoms with Gasteiger partial charge in [-0.15, -0.1) is 0 Å². The molecule has 0 bridgehead atoms. The summed E-state index contributed by atoms with van der Waals surface area (Å²) in [5.41, 5.74) is 2.61. The molecular formula is C16H18N4O2S. The molecule has 1 aliphatic heterocycles. The van der Waals surface area contributed by atoms with E-state index in [1.165, 1.54) is 4.70 Å². The van der Waals surface area contributed by atoms with Crippen molar-refractivity contribution in [2.75, 3.05) is 18.1 Å². The number of benzene rings is 1. The van der Waals surface area contributed by atoms with Gasteiger partial charge >= 0.3 is 0 Å². The van der Waals surface area contributed by atoms with Crippen LogP contribution in [0.2, 0.25) is 0 Å². The maximum Gasteiger partial charge on any atom is 0.186 e. The van der Waals surface area contributed by atoms with Gasteiger partial charge in [0.2, 0.25) is 0 Å². The lowest BCUT2D eigenvalue weighted by Gasteiger charge is -2.18. The number of para-hydroxylation sites is 1. The number of fused-ring (bicyclic) bond motifs is 2. The number of rotatable bonds is 3. The molecule has 0 unspecified atom stereocenters. The Balaban J connectivity index is 1.64. The summed E-state index contributed by atoms with van der Waals surface area (Å²) in [7, 11) is 0. The Hall–Kier alpha value is -1.96. The number of hydrogen-bond acceptors (Lipinski definition) is 6. The molecule has 0 saturated heterocycles. The highest BCUT2D eigenvalue weighted by molar-refractivity contribution is 7.22. The van der Waals surface area contributed by atoms with E-state index in [2.05, 4.69) is 16.1 Å². The normalized spacial score (nSPS) is 16.3. The van der Waals surface area contributed by atoms with Crippen LogP contribution in [-0.4, -0.2) is 38.1 Å².